The molecule has 0 saturated carbocycles. The van der Waals surface area contributed by atoms with Gasteiger partial charge < -0.3 is 9.73 Å². The van der Waals surface area contributed by atoms with Crippen LogP contribution in [0.1, 0.15) is 24.8 Å². The number of hydrogen-bond donors (Lipinski definition) is 1. The topological polar surface area (TPSA) is 38.1 Å². The standard InChI is InChI=1S/C13H16N2O/c1-9-3-4-10-11(7-9)16-12(15-10)13(2)5-6-14-8-13/h3-4,7,14H,5-6,8H2,1-2H3. The van der Waals surface area contributed by atoms with Crippen LogP contribution in [0.15, 0.2) is 22.6 Å². The van der Waals surface area contributed by atoms with Gasteiger partial charge in [-0.1, -0.05) is 6.07 Å². The molecule has 16 heavy (non-hydrogen) atoms. The fourth-order valence-corrected chi connectivity index (χ4v) is 2.29. The first-order valence-electron chi connectivity index (χ1n) is 5.76. The van der Waals surface area contributed by atoms with Crippen molar-refractivity contribution in [1.82, 2.24) is 10.3 Å². The molecule has 0 spiro atoms. The van der Waals surface area contributed by atoms with Crippen molar-refractivity contribution in [2.24, 2.45) is 0 Å². The van der Waals surface area contributed by atoms with E-state index < -0.39 is 0 Å². The van der Waals surface area contributed by atoms with E-state index in [0.717, 1.165) is 36.5 Å². The van der Waals surface area contributed by atoms with E-state index in [2.05, 4.69) is 36.3 Å². The molecule has 2 heterocycles. The van der Waals surface area contributed by atoms with Crippen LogP contribution in [-0.2, 0) is 5.41 Å². The van der Waals surface area contributed by atoms with Crippen molar-refractivity contribution in [3.8, 4) is 0 Å². The first-order valence-corrected chi connectivity index (χ1v) is 5.76. The van der Waals surface area contributed by atoms with Crippen LogP contribution >= 0.6 is 0 Å². The van der Waals surface area contributed by atoms with Gasteiger partial charge in [0.25, 0.3) is 0 Å². The molecule has 0 amide bonds. The highest BCUT2D eigenvalue weighted by atomic mass is 16.3. The number of aryl methyl sites for hydroxylation is 1. The summed E-state index contributed by atoms with van der Waals surface area (Å²) in [5, 5.41) is 3.37. The zero-order valence-corrected chi connectivity index (χ0v) is 9.71. The summed E-state index contributed by atoms with van der Waals surface area (Å²) in [6.45, 7) is 6.29. The summed E-state index contributed by atoms with van der Waals surface area (Å²) in [5.74, 6) is 0.873. The van der Waals surface area contributed by atoms with Gasteiger partial charge in [-0.15, -0.1) is 0 Å². The molecule has 1 saturated heterocycles. The molecule has 1 atom stereocenters. The van der Waals surface area contributed by atoms with Crippen molar-refractivity contribution in [2.75, 3.05) is 13.1 Å². The fraction of sp³-hybridized carbons (Fsp3) is 0.462. The minimum absolute atomic E-state index is 0.0624. The third kappa shape index (κ3) is 1.43. The number of aromatic nitrogens is 1. The zero-order valence-electron chi connectivity index (χ0n) is 9.71. The minimum Gasteiger partial charge on any atom is -0.440 e. The van der Waals surface area contributed by atoms with E-state index in [1.807, 2.05) is 6.07 Å². The third-order valence-electron chi connectivity index (χ3n) is 3.43. The van der Waals surface area contributed by atoms with E-state index in [0.29, 0.717) is 0 Å². The lowest BCUT2D eigenvalue weighted by atomic mass is 9.90. The highest BCUT2D eigenvalue weighted by molar-refractivity contribution is 5.73. The maximum absolute atomic E-state index is 5.88. The number of oxazole rings is 1. The van der Waals surface area contributed by atoms with Crippen LogP contribution in [0.2, 0.25) is 0 Å². The van der Waals surface area contributed by atoms with Gasteiger partial charge in [-0.2, -0.15) is 0 Å². The molecular formula is C13H16N2O. The summed E-state index contributed by atoms with van der Waals surface area (Å²) in [4.78, 5) is 4.60. The summed E-state index contributed by atoms with van der Waals surface area (Å²) in [6.07, 6.45) is 1.10. The molecule has 1 aromatic carbocycles. The normalized spacial score (nSPS) is 25.4. The molecule has 1 aromatic heterocycles. The number of rotatable bonds is 1. The molecule has 3 heteroatoms. The van der Waals surface area contributed by atoms with E-state index in [1.165, 1.54) is 5.56 Å². The lowest BCUT2D eigenvalue weighted by Gasteiger charge is -2.17. The monoisotopic (exact) mass is 216 g/mol. The van der Waals surface area contributed by atoms with E-state index in [1.54, 1.807) is 0 Å². The molecule has 2 aromatic rings. The van der Waals surface area contributed by atoms with Crippen molar-refractivity contribution in [2.45, 2.75) is 25.7 Å². The summed E-state index contributed by atoms with van der Waals surface area (Å²) >= 11 is 0. The molecule has 1 aliphatic heterocycles. The maximum atomic E-state index is 5.88. The SMILES string of the molecule is Cc1ccc2nc(C3(C)CCNC3)oc2c1. The Morgan fingerprint density at radius 1 is 1.44 bits per heavy atom. The summed E-state index contributed by atoms with van der Waals surface area (Å²) in [7, 11) is 0. The molecule has 0 radical (unpaired) electrons. The average molecular weight is 216 g/mol. The Hall–Kier alpha value is -1.35. The summed E-state index contributed by atoms with van der Waals surface area (Å²) in [6, 6.07) is 6.16. The Bertz CT molecular complexity index is 524. The van der Waals surface area contributed by atoms with Crippen LogP contribution in [0.5, 0.6) is 0 Å². The lowest BCUT2D eigenvalue weighted by Crippen LogP contribution is -2.25. The Morgan fingerprint density at radius 3 is 3.06 bits per heavy atom. The van der Waals surface area contributed by atoms with Crippen molar-refractivity contribution in [3.05, 3.63) is 29.7 Å². The second-order valence-corrected chi connectivity index (χ2v) is 4.98. The number of fused-ring (bicyclic) bond motifs is 1. The maximum Gasteiger partial charge on any atom is 0.202 e. The van der Waals surface area contributed by atoms with Crippen molar-refractivity contribution < 1.29 is 4.42 Å². The smallest absolute Gasteiger partial charge is 0.202 e. The molecule has 0 aliphatic carbocycles. The van der Waals surface area contributed by atoms with E-state index >= 15 is 0 Å². The number of benzene rings is 1. The molecule has 3 nitrogen and oxygen atoms in total. The second-order valence-electron chi connectivity index (χ2n) is 4.98. The second kappa shape index (κ2) is 3.32. The minimum atomic E-state index is 0.0624. The van der Waals surface area contributed by atoms with E-state index in [4.69, 9.17) is 4.42 Å². The number of nitrogens with one attached hydrogen (secondary N) is 1. The van der Waals surface area contributed by atoms with Crippen LogP contribution in [0.25, 0.3) is 11.1 Å². The molecule has 0 bridgehead atoms. The molecule has 1 unspecified atom stereocenters. The molecule has 1 N–H and O–H groups in total. The summed E-state index contributed by atoms with van der Waals surface area (Å²) < 4.78 is 5.88. The van der Waals surface area contributed by atoms with Crippen LogP contribution in [0.3, 0.4) is 0 Å². The van der Waals surface area contributed by atoms with Crippen LogP contribution < -0.4 is 5.32 Å². The molecule has 1 aliphatic rings. The average Bonchev–Trinajstić information content (AvgIpc) is 2.84. The van der Waals surface area contributed by atoms with Crippen LogP contribution in [0, 0.1) is 6.92 Å². The highest BCUT2D eigenvalue weighted by Gasteiger charge is 2.35. The van der Waals surface area contributed by atoms with Gasteiger partial charge in [0, 0.05) is 6.54 Å². The van der Waals surface area contributed by atoms with Crippen LogP contribution in [0.4, 0.5) is 0 Å². The fourth-order valence-electron chi connectivity index (χ4n) is 2.29. The third-order valence-corrected chi connectivity index (χ3v) is 3.43. The van der Waals surface area contributed by atoms with E-state index in [-0.39, 0.29) is 5.41 Å². The molecule has 84 valence electrons. The largest absolute Gasteiger partial charge is 0.440 e. The Kier molecular flexibility index (Phi) is 2.04. The van der Waals surface area contributed by atoms with Crippen LogP contribution in [-0.4, -0.2) is 18.1 Å². The number of hydrogen-bond acceptors (Lipinski definition) is 3. The molecular weight excluding hydrogens is 200 g/mol. The predicted molar refractivity (Wildman–Crippen MR) is 63.6 cm³/mol. The van der Waals surface area contributed by atoms with Gasteiger partial charge >= 0.3 is 0 Å². The van der Waals surface area contributed by atoms with Gasteiger partial charge in [0.2, 0.25) is 5.89 Å². The van der Waals surface area contributed by atoms with Crippen molar-refractivity contribution in [1.29, 1.82) is 0 Å². The first-order chi connectivity index (χ1) is 7.67. The van der Waals surface area contributed by atoms with E-state index in [9.17, 15) is 0 Å². The lowest BCUT2D eigenvalue weighted by molar-refractivity contribution is 0.382. The van der Waals surface area contributed by atoms with Gasteiger partial charge in [-0.05, 0) is 44.5 Å². The summed E-state index contributed by atoms with van der Waals surface area (Å²) in [5.41, 5.74) is 3.15. The van der Waals surface area contributed by atoms with Gasteiger partial charge in [0.05, 0.1) is 5.41 Å². The Morgan fingerprint density at radius 2 is 2.31 bits per heavy atom. The predicted octanol–water partition coefficient (Wildman–Crippen LogP) is 2.39. The quantitative estimate of drug-likeness (QED) is 0.795. The van der Waals surface area contributed by atoms with Gasteiger partial charge in [-0.3, -0.25) is 0 Å². The van der Waals surface area contributed by atoms with Gasteiger partial charge in [0.15, 0.2) is 5.58 Å². The van der Waals surface area contributed by atoms with Crippen molar-refractivity contribution in [3.63, 3.8) is 0 Å². The Labute approximate surface area is 94.9 Å². The van der Waals surface area contributed by atoms with Gasteiger partial charge in [-0.25, -0.2) is 4.98 Å². The van der Waals surface area contributed by atoms with Gasteiger partial charge in [0.1, 0.15) is 5.52 Å². The molecule has 3 rings (SSSR count). The highest BCUT2D eigenvalue weighted by Crippen LogP contribution is 2.31. The zero-order chi connectivity index (χ0) is 11.2. The first kappa shape index (κ1) is 9.85. The molecule has 1 fully saturated rings. The Balaban J connectivity index is 2.11. The van der Waals surface area contributed by atoms with Crippen molar-refractivity contribution >= 4 is 11.1 Å². The number of nitrogens with zero attached hydrogens (tertiary/aromatic N) is 1.